The molecule has 0 amide bonds. The van der Waals surface area contributed by atoms with Crippen molar-refractivity contribution in [1.29, 1.82) is 0 Å². The molecule has 0 spiro atoms. The summed E-state index contributed by atoms with van der Waals surface area (Å²) >= 11 is 2.70. The van der Waals surface area contributed by atoms with Crippen molar-refractivity contribution in [3.63, 3.8) is 0 Å². The van der Waals surface area contributed by atoms with E-state index in [1.807, 2.05) is 0 Å². The van der Waals surface area contributed by atoms with E-state index in [9.17, 15) is 49.8 Å². The molecule has 9 nitrogen and oxygen atoms in total. The van der Waals surface area contributed by atoms with Crippen LogP contribution >= 0.6 is 15.9 Å². The normalized spacial score (nSPS) is 12.3. The number of aromatic hydroxyl groups is 2. The number of hydrogen-bond donors (Lipinski definition) is 4. The Balaban J connectivity index is 2.60. The zero-order valence-corrected chi connectivity index (χ0v) is 17.1. The predicted octanol–water partition coefficient (Wildman–Crippen LogP) is 4.16. The largest absolute Gasteiger partial charge is 0.573 e. The number of halogens is 7. The lowest BCUT2D eigenvalue weighted by molar-refractivity contribution is -0.276. The van der Waals surface area contributed by atoms with Crippen LogP contribution in [0.4, 0.5) is 32.0 Å². The Morgan fingerprint density at radius 1 is 0.938 bits per heavy atom. The number of benzene rings is 2. The molecule has 4 N–H and O–H groups in total. The van der Waals surface area contributed by atoms with E-state index >= 15 is 0 Å². The summed E-state index contributed by atoms with van der Waals surface area (Å²) in [4.78, 5) is 9.90. The number of carboxylic acids is 1. The number of phenolic OH excluding ortho intramolecular Hbond substituents is 1. The Hall–Kier alpha value is -3.08. The van der Waals surface area contributed by atoms with Crippen molar-refractivity contribution in [2.45, 2.75) is 17.6 Å². The van der Waals surface area contributed by atoms with Gasteiger partial charge in [-0.25, -0.2) is 13.2 Å². The molecule has 2 rings (SSSR count). The summed E-state index contributed by atoms with van der Waals surface area (Å²) in [6.45, 7) is 0. The van der Waals surface area contributed by atoms with Gasteiger partial charge in [-0.05, 0) is 18.2 Å². The second-order valence-corrected chi connectivity index (χ2v) is 8.19. The number of phenols is 2. The maximum absolute atomic E-state index is 12.6. The lowest BCUT2D eigenvalue weighted by atomic mass is 10.1. The fourth-order valence-corrected chi connectivity index (χ4v) is 3.98. The number of anilines is 1. The molecule has 0 aliphatic rings. The van der Waals surface area contributed by atoms with E-state index in [2.05, 4.69) is 25.4 Å². The van der Waals surface area contributed by atoms with Crippen LogP contribution in [0.25, 0.3) is 0 Å². The highest BCUT2D eigenvalue weighted by atomic mass is 79.9. The van der Waals surface area contributed by atoms with E-state index in [0.717, 1.165) is 0 Å². The number of ether oxygens (including phenoxy) is 2. The van der Waals surface area contributed by atoms with Gasteiger partial charge in [0, 0.05) is 10.5 Å². The molecule has 0 saturated carbocycles. The highest BCUT2D eigenvalue weighted by molar-refractivity contribution is 9.10. The molecule has 2 aromatic rings. The first kappa shape index (κ1) is 25.2. The molecule has 0 aliphatic carbocycles. The minimum atomic E-state index is -5.33. The Kier molecular flexibility index (Phi) is 6.65. The topological polar surface area (TPSA) is 142 Å². The monoisotopic (exact) mass is 555 g/mol. The fourth-order valence-electron chi connectivity index (χ4n) is 2.20. The van der Waals surface area contributed by atoms with Crippen LogP contribution < -0.4 is 14.2 Å². The molecule has 176 valence electrons. The van der Waals surface area contributed by atoms with Crippen LogP contribution in [0.15, 0.2) is 33.6 Å². The van der Waals surface area contributed by atoms with Crippen molar-refractivity contribution < 1.29 is 64.3 Å². The lowest BCUT2D eigenvalue weighted by Crippen LogP contribution is -2.19. The van der Waals surface area contributed by atoms with Crippen LogP contribution in [0.3, 0.4) is 0 Å². The fraction of sp³-hybridized carbons (Fsp3) is 0.133. The SMILES string of the molecule is O=C(O)c1cc(OC(F)(F)F)cc(NS(=O)(=O)c2cc(Br)cc(OC(F)(F)F)c2O)c1O. The summed E-state index contributed by atoms with van der Waals surface area (Å²) in [5.74, 6) is -7.46. The molecule has 0 aliphatic heterocycles. The van der Waals surface area contributed by atoms with Crippen LogP contribution in [0, 0.1) is 0 Å². The first-order chi connectivity index (χ1) is 14.4. The summed E-state index contributed by atoms with van der Waals surface area (Å²) in [6.07, 6.45) is -10.7. The zero-order valence-electron chi connectivity index (χ0n) is 14.7. The second-order valence-electron chi connectivity index (χ2n) is 5.62. The molecule has 17 heteroatoms. The number of aromatic carboxylic acids is 1. The lowest BCUT2D eigenvalue weighted by Gasteiger charge is -2.17. The number of rotatable bonds is 6. The van der Waals surface area contributed by atoms with E-state index in [1.165, 1.54) is 4.72 Å². The third-order valence-electron chi connectivity index (χ3n) is 3.31. The Morgan fingerprint density at radius 3 is 2.00 bits per heavy atom. The van der Waals surface area contributed by atoms with E-state index in [1.54, 1.807) is 0 Å². The minimum Gasteiger partial charge on any atom is -0.505 e. The van der Waals surface area contributed by atoms with Gasteiger partial charge in [0.25, 0.3) is 10.0 Å². The molecule has 0 saturated heterocycles. The quantitative estimate of drug-likeness (QED) is 0.307. The van der Waals surface area contributed by atoms with Crippen molar-refractivity contribution in [3.8, 4) is 23.0 Å². The van der Waals surface area contributed by atoms with Crippen molar-refractivity contribution in [1.82, 2.24) is 0 Å². The zero-order chi connectivity index (χ0) is 24.6. The van der Waals surface area contributed by atoms with E-state index in [4.69, 9.17) is 5.11 Å². The van der Waals surface area contributed by atoms with Crippen LogP contribution in [0.5, 0.6) is 23.0 Å². The molecule has 0 unspecified atom stereocenters. The van der Waals surface area contributed by atoms with Crippen LogP contribution in [-0.2, 0) is 10.0 Å². The number of carboxylic acid groups (broad SMARTS) is 1. The van der Waals surface area contributed by atoms with Crippen LogP contribution in [0.1, 0.15) is 10.4 Å². The smallest absolute Gasteiger partial charge is 0.505 e. The summed E-state index contributed by atoms with van der Waals surface area (Å²) < 4.78 is 108. The van der Waals surface area contributed by atoms with E-state index in [-0.39, 0.29) is 16.6 Å². The van der Waals surface area contributed by atoms with Gasteiger partial charge in [-0.2, -0.15) is 0 Å². The second kappa shape index (κ2) is 8.45. The highest BCUT2D eigenvalue weighted by Crippen LogP contribution is 2.41. The van der Waals surface area contributed by atoms with Gasteiger partial charge >= 0.3 is 18.7 Å². The molecule has 0 radical (unpaired) electrons. The molecule has 0 atom stereocenters. The average molecular weight is 556 g/mol. The third-order valence-corrected chi connectivity index (χ3v) is 5.15. The van der Waals surface area contributed by atoms with Crippen LogP contribution in [0.2, 0.25) is 0 Å². The van der Waals surface area contributed by atoms with Gasteiger partial charge in [0.15, 0.2) is 17.2 Å². The van der Waals surface area contributed by atoms with E-state index < -0.39 is 67.9 Å². The standard InChI is InChI=1S/C15H8BrF6NO8S/c16-5-1-9(31-15(20,21)22)12(25)10(2-5)32(28,29)23-8-4-6(30-14(17,18)19)3-7(11(8)24)13(26)27/h1-4,23-25H,(H,26,27). The number of hydrogen-bond acceptors (Lipinski definition) is 7. The minimum absolute atomic E-state index is 0.245. The van der Waals surface area contributed by atoms with Gasteiger partial charge in [0.2, 0.25) is 0 Å². The maximum atomic E-state index is 12.6. The van der Waals surface area contributed by atoms with Crippen molar-refractivity contribution in [2.75, 3.05) is 4.72 Å². The van der Waals surface area contributed by atoms with Crippen molar-refractivity contribution >= 4 is 37.6 Å². The van der Waals surface area contributed by atoms with Crippen LogP contribution in [-0.4, -0.2) is 42.4 Å². The Bertz CT molecular complexity index is 1170. The molecule has 0 bridgehead atoms. The highest BCUT2D eigenvalue weighted by Gasteiger charge is 2.35. The van der Waals surface area contributed by atoms with E-state index in [0.29, 0.717) is 12.1 Å². The predicted molar refractivity (Wildman–Crippen MR) is 95.0 cm³/mol. The number of sulfonamides is 1. The number of carbonyl (C=O) groups is 1. The van der Waals surface area contributed by atoms with Gasteiger partial charge in [-0.15, -0.1) is 26.3 Å². The average Bonchev–Trinajstić information content (AvgIpc) is 2.57. The van der Waals surface area contributed by atoms with Gasteiger partial charge in [-0.1, -0.05) is 15.9 Å². The molecule has 32 heavy (non-hydrogen) atoms. The summed E-state index contributed by atoms with van der Waals surface area (Å²) in [5, 5.41) is 28.9. The molecule has 0 heterocycles. The molecular formula is C15H8BrF6NO8S. The van der Waals surface area contributed by atoms with Gasteiger partial charge < -0.3 is 24.8 Å². The third kappa shape index (κ3) is 6.22. The maximum Gasteiger partial charge on any atom is 0.573 e. The first-order valence-corrected chi connectivity index (χ1v) is 9.84. The summed E-state index contributed by atoms with van der Waals surface area (Å²) in [6, 6.07) is 1.68. The molecule has 0 aromatic heterocycles. The molecular weight excluding hydrogens is 548 g/mol. The van der Waals surface area contributed by atoms with Gasteiger partial charge in [-0.3, -0.25) is 4.72 Å². The first-order valence-electron chi connectivity index (χ1n) is 7.57. The summed E-state index contributed by atoms with van der Waals surface area (Å²) in [7, 11) is -5.14. The molecule has 0 fully saturated rings. The molecule has 2 aromatic carbocycles. The van der Waals surface area contributed by atoms with Gasteiger partial charge in [0.1, 0.15) is 16.2 Å². The Morgan fingerprint density at radius 2 is 1.50 bits per heavy atom. The number of alkyl halides is 6. The van der Waals surface area contributed by atoms with Gasteiger partial charge in [0.05, 0.1) is 5.69 Å². The van der Waals surface area contributed by atoms with Crippen molar-refractivity contribution in [3.05, 3.63) is 34.3 Å². The van der Waals surface area contributed by atoms with Crippen molar-refractivity contribution in [2.24, 2.45) is 0 Å². The Labute approximate surface area is 182 Å². The summed E-state index contributed by atoms with van der Waals surface area (Å²) in [5.41, 5.74) is -2.36. The number of nitrogens with one attached hydrogen (secondary N) is 1.